The van der Waals surface area contributed by atoms with E-state index in [0.717, 1.165) is 4.90 Å². The number of amides is 1. The van der Waals surface area contributed by atoms with Gasteiger partial charge < -0.3 is 10.1 Å². The van der Waals surface area contributed by atoms with Crippen LogP contribution < -0.4 is 5.32 Å². The highest BCUT2D eigenvalue weighted by atomic mass is 32.2. The molecule has 0 aliphatic heterocycles. The quantitative estimate of drug-likeness (QED) is 0.339. The molecule has 0 aliphatic carbocycles. The van der Waals surface area contributed by atoms with E-state index in [1.807, 2.05) is 0 Å². The van der Waals surface area contributed by atoms with E-state index in [4.69, 9.17) is 4.74 Å². The number of nitro benzene ring substituents is 1. The number of nitro groups is 1. The van der Waals surface area contributed by atoms with Crippen molar-refractivity contribution in [3.8, 4) is 0 Å². The highest BCUT2D eigenvalue weighted by Crippen LogP contribution is 2.26. The number of anilines is 1. The number of ether oxygens (including phenoxy) is 1. The zero-order valence-corrected chi connectivity index (χ0v) is 15.1. The molecule has 1 aromatic carbocycles. The number of carbonyl (C=O) groups excluding carboxylic acids is 2. The number of aromatic nitrogens is 1. The molecule has 2 rings (SSSR count). The molecule has 0 saturated carbocycles. The number of nitrogens with zero attached hydrogens (tertiary/aromatic N) is 2. The summed E-state index contributed by atoms with van der Waals surface area (Å²) in [6.07, 6.45) is 0. The first-order chi connectivity index (χ1) is 11.8. The number of hydrogen-bond donors (Lipinski definition) is 1. The number of non-ortho nitro benzene ring substituents is 1. The molecule has 0 fully saturated rings. The van der Waals surface area contributed by atoms with Crippen molar-refractivity contribution in [2.45, 2.75) is 30.6 Å². The molecule has 1 heterocycles. The Hall–Kier alpha value is -2.46. The van der Waals surface area contributed by atoms with E-state index in [9.17, 15) is 19.7 Å². The molecule has 0 saturated heterocycles. The van der Waals surface area contributed by atoms with E-state index in [0.29, 0.717) is 10.8 Å². The molecule has 2 aromatic rings. The molecule has 25 heavy (non-hydrogen) atoms. The van der Waals surface area contributed by atoms with Gasteiger partial charge in [-0.3, -0.25) is 19.7 Å². The van der Waals surface area contributed by atoms with Crippen molar-refractivity contribution in [3.63, 3.8) is 0 Å². The average molecular weight is 381 g/mol. The number of esters is 1. The van der Waals surface area contributed by atoms with Crippen LogP contribution in [-0.2, 0) is 20.9 Å². The number of thioether (sulfide) groups is 1. The number of benzene rings is 1. The largest absolute Gasteiger partial charge is 0.458 e. The van der Waals surface area contributed by atoms with Crippen LogP contribution in [0.25, 0.3) is 0 Å². The van der Waals surface area contributed by atoms with Gasteiger partial charge in [-0.25, -0.2) is 4.98 Å². The maximum Gasteiger partial charge on any atom is 0.319 e. The zero-order valence-electron chi connectivity index (χ0n) is 13.4. The topological polar surface area (TPSA) is 111 Å². The van der Waals surface area contributed by atoms with Gasteiger partial charge in [-0.1, -0.05) is 0 Å². The summed E-state index contributed by atoms with van der Waals surface area (Å²) in [5.41, 5.74) is 0.549. The number of hydrogen-bond acceptors (Lipinski definition) is 8. The van der Waals surface area contributed by atoms with E-state index in [1.165, 1.54) is 42.2 Å². The van der Waals surface area contributed by atoms with Crippen LogP contribution >= 0.6 is 23.1 Å². The molecular weight excluding hydrogens is 366 g/mol. The summed E-state index contributed by atoms with van der Waals surface area (Å²) >= 11 is 2.50. The predicted molar refractivity (Wildman–Crippen MR) is 94.6 cm³/mol. The predicted octanol–water partition coefficient (Wildman–Crippen LogP) is 3.23. The lowest BCUT2D eigenvalue weighted by atomic mass is 10.3. The van der Waals surface area contributed by atoms with Crippen LogP contribution in [0.5, 0.6) is 0 Å². The van der Waals surface area contributed by atoms with Gasteiger partial charge in [-0.2, -0.15) is 0 Å². The van der Waals surface area contributed by atoms with Crippen LogP contribution in [-0.4, -0.2) is 27.0 Å². The third-order valence-electron chi connectivity index (χ3n) is 2.89. The number of carbonyl (C=O) groups is 2. The number of rotatable bonds is 7. The van der Waals surface area contributed by atoms with Crippen LogP contribution in [0.2, 0.25) is 0 Å². The van der Waals surface area contributed by atoms with Crippen LogP contribution in [0, 0.1) is 10.1 Å². The van der Waals surface area contributed by atoms with Gasteiger partial charge in [0.2, 0.25) is 5.91 Å². The zero-order chi connectivity index (χ0) is 18.4. The molecule has 132 valence electrons. The highest BCUT2D eigenvalue weighted by Gasteiger charge is 2.17. The van der Waals surface area contributed by atoms with Gasteiger partial charge in [0.15, 0.2) is 5.13 Å². The van der Waals surface area contributed by atoms with Gasteiger partial charge in [-0.15, -0.1) is 23.1 Å². The lowest BCUT2D eigenvalue weighted by Crippen LogP contribution is -2.16. The van der Waals surface area contributed by atoms with Gasteiger partial charge in [0.05, 0.1) is 10.6 Å². The Kier molecular flexibility index (Phi) is 6.48. The maximum atomic E-state index is 12.0. The van der Waals surface area contributed by atoms with Crippen molar-refractivity contribution in [1.82, 2.24) is 4.98 Å². The smallest absolute Gasteiger partial charge is 0.319 e. The first-order valence-corrected chi connectivity index (χ1v) is 8.91. The van der Waals surface area contributed by atoms with Gasteiger partial charge >= 0.3 is 5.97 Å². The van der Waals surface area contributed by atoms with Gasteiger partial charge in [0.25, 0.3) is 5.69 Å². The second kappa shape index (κ2) is 8.58. The van der Waals surface area contributed by atoms with Crippen molar-refractivity contribution in [2.75, 3.05) is 5.32 Å². The molecule has 1 amide bonds. The molecule has 0 radical (unpaired) electrons. The van der Waals surface area contributed by atoms with Gasteiger partial charge in [0.1, 0.15) is 11.9 Å². The van der Waals surface area contributed by atoms with Crippen LogP contribution in [0.1, 0.15) is 19.5 Å². The Balaban J connectivity index is 1.84. The second-order valence-corrected chi connectivity index (χ2v) is 7.22. The molecule has 0 aliphatic rings. The van der Waals surface area contributed by atoms with Crippen molar-refractivity contribution >= 4 is 45.8 Å². The number of thiazole rings is 1. The summed E-state index contributed by atoms with van der Waals surface area (Å²) in [7, 11) is 0. The lowest BCUT2D eigenvalue weighted by Gasteiger charge is -2.10. The maximum absolute atomic E-state index is 12.0. The van der Waals surface area contributed by atoms with Gasteiger partial charge in [0, 0.05) is 29.3 Å². The minimum Gasteiger partial charge on any atom is -0.458 e. The molecule has 1 aromatic heterocycles. The van der Waals surface area contributed by atoms with Gasteiger partial charge in [-0.05, 0) is 19.1 Å². The fraction of sp³-hybridized carbons (Fsp3) is 0.267. The molecule has 8 nitrogen and oxygen atoms in total. The van der Waals surface area contributed by atoms with Crippen molar-refractivity contribution in [1.29, 1.82) is 0 Å². The summed E-state index contributed by atoms with van der Waals surface area (Å²) in [6.45, 7) is 3.09. The van der Waals surface area contributed by atoms with Crippen LogP contribution in [0.4, 0.5) is 10.8 Å². The summed E-state index contributed by atoms with van der Waals surface area (Å²) in [5.74, 6) is -0.636. The fourth-order valence-electron chi connectivity index (χ4n) is 1.74. The minimum absolute atomic E-state index is 0.00177. The molecule has 0 bridgehead atoms. The SMILES string of the molecule is CC(=O)Nc1nc(COC(=O)C(C)Sc2ccc([N+](=O)[O-])cc2)cs1. The summed E-state index contributed by atoms with van der Waals surface area (Å²) in [5, 5.41) is 14.9. The number of nitrogens with one attached hydrogen (secondary N) is 1. The standard InChI is InChI=1S/C15H15N3O5S2/c1-9(25-13-5-3-12(4-6-13)18(21)22)14(20)23-7-11-8-24-15(17-11)16-10(2)19/h3-6,8-9H,7H2,1-2H3,(H,16,17,19). The molecule has 0 spiro atoms. The lowest BCUT2D eigenvalue weighted by molar-refractivity contribution is -0.384. The fourth-order valence-corrected chi connectivity index (χ4v) is 3.35. The first kappa shape index (κ1) is 18.9. The van der Waals surface area contributed by atoms with E-state index < -0.39 is 16.1 Å². The Morgan fingerprint density at radius 2 is 2.08 bits per heavy atom. The van der Waals surface area contributed by atoms with Crippen LogP contribution in [0.15, 0.2) is 34.5 Å². The Bertz CT molecular complexity index is 776. The van der Waals surface area contributed by atoms with Crippen molar-refractivity contribution in [2.24, 2.45) is 0 Å². The first-order valence-electron chi connectivity index (χ1n) is 7.15. The third-order valence-corrected chi connectivity index (χ3v) is 4.79. The van der Waals surface area contributed by atoms with Crippen molar-refractivity contribution < 1.29 is 19.2 Å². The Morgan fingerprint density at radius 1 is 1.40 bits per heavy atom. The van der Waals surface area contributed by atoms with Crippen LogP contribution in [0.3, 0.4) is 0 Å². The third kappa shape index (κ3) is 5.84. The summed E-state index contributed by atoms with van der Waals surface area (Å²) in [6, 6.07) is 5.96. The van der Waals surface area contributed by atoms with Crippen molar-refractivity contribution in [3.05, 3.63) is 45.5 Å². The Labute approximate surface area is 151 Å². The molecular formula is C15H15N3O5S2. The second-order valence-electron chi connectivity index (χ2n) is 4.94. The molecule has 1 unspecified atom stereocenters. The van der Waals surface area contributed by atoms with E-state index >= 15 is 0 Å². The average Bonchev–Trinajstić information content (AvgIpc) is 2.99. The summed E-state index contributed by atoms with van der Waals surface area (Å²) in [4.78, 5) is 38.0. The van der Waals surface area contributed by atoms with E-state index in [1.54, 1.807) is 24.4 Å². The Morgan fingerprint density at radius 3 is 2.68 bits per heavy atom. The van der Waals surface area contributed by atoms with E-state index in [2.05, 4.69) is 10.3 Å². The minimum atomic E-state index is -0.477. The van der Waals surface area contributed by atoms with E-state index in [-0.39, 0.29) is 18.2 Å². The summed E-state index contributed by atoms with van der Waals surface area (Å²) < 4.78 is 5.21. The normalized spacial score (nSPS) is 11.6. The molecule has 10 heteroatoms. The highest BCUT2D eigenvalue weighted by molar-refractivity contribution is 8.00. The molecule has 1 atom stereocenters. The molecule has 1 N–H and O–H groups in total. The monoisotopic (exact) mass is 381 g/mol.